The van der Waals surface area contributed by atoms with Gasteiger partial charge in [-0.05, 0) is 6.26 Å². The molecule has 0 amide bonds. The Hall–Kier alpha value is -2.38. The van der Waals surface area contributed by atoms with Gasteiger partial charge < -0.3 is 9.15 Å². The lowest BCUT2D eigenvalue weighted by Gasteiger charge is -2.04. The number of ether oxygens (including phenoxy) is 1. The Morgan fingerprint density at radius 2 is 2.04 bits per heavy atom. The lowest BCUT2D eigenvalue weighted by Crippen LogP contribution is -2.09. The van der Waals surface area contributed by atoms with Gasteiger partial charge in [0.1, 0.15) is 0 Å². The minimum absolute atomic E-state index is 0.0193. The van der Waals surface area contributed by atoms with Gasteiger partial charge in [0.15, 0.2) is 23.2 Å². The molecule has 0 spiro atoms. The van der Waals surface area contributed by atoms with Crippen LogP contribution in [0.3, 0.4) is 0 Å². The molecule has 24 heavy (non-hydrogen) atoms. The summed E-state index contributed by atoms with van der Waals surface area (Å²) in [4.78, 5) is 24.2. The smallest absolute Gasteiger partial charge is 0.359 e. The molecule has 0 N–H and O–H groups in total. The largest absolute Gasteiger partial charge is 0.451 e. The van der Waals surface area contributed by atoms with Gasteiger partial charge in [-0.15, -0.1) is 0 Å². The molecule has 0 aliphatic carbocycles. The second-order valence-electron chi connectivity index (χ2n) is 4.61. The summed E-state index contributed by atoms with van der Waals surface area (Å²) in [6, 6.07) is 9.52. The molecule has 0 atom stereocenters. The van der Waals surface area contributed by atoms with Gasteiger partial charge in [0.25, 0.3) is 0 Å². The van der Waals surface area contributed by atoms with Crippen LogP contribution in [-0.4, -0.2) is 27.2 Å². The molecule has 3 aromatic rings. The molecule has 2 aromatic heterocycles. The second kappa shape index (κ2) is 7.46. The molecular weight excluding hydrogens is 350 g/mol. The highest BCUT2D eigenvalue weighted by molar-refractivity contribution is 7.98. The van der Waals surface area contributed by atoms with Crippen molar-refractivity contribution in [1.29, 1.82) is 0 Å². The molecule has 3 rings (SSSR count). The fraction of sp³-hybridized carbons (Fsp3) is 0.125. The number of aromatic nitrogens is 3. The van der Waals surface area contributed by atoms with Crippen LogP contribution in [0.15, 0.2) is 52.3 Å². The third kappa shape index (κ3) is 3.74. The first-order valence-corrected chi connectivity index (χ1v) is 8.51. The van der Waals surface area contributed by atoms with Crippen molar-refractivity contribution >= 4 is 29.3 Å². The van der Waals surface area contributed by atoms with E-state index in [1.165, 1.54) is 18.0 Å². The topological polar surface area (TPSA) is 78.1 Å². The average Bonchev–Trinajstić information content (AvgIpc) is 3.10. The van der Waals surface area contributed by atoms with E-state index in [4.69, 9.17) is 20.8 Å². The van der Waals surface area contributed by atoms with Gasteiger partial charge in [-0.2, -0.15) is 0 Å². The summed E-state index contributed by atoms with van der Waals surface area (Å²) in [7, 11) is 0. The number of carbonyl (C=O) groups is 1. The number of benzene rings is 1. The molecule has 8 heteroatoms. The van der Waals surface area contributed by atoms with Crippen LogP contribution in [0, 0.1) is 0 Å². The molecule has 0 radical (unpaired) electrons. The molecule has 0 saturated heterocycles. The maximum Gasteiger partial charge on any atom is 0.359 e. The fourth-order valence-corrected chi connectivity index (χ4v) is 2.41. The van der Waals surface area contributed by atoms with Gasteiger partial charge in [-0.25, -0.2) is 19.7 Å². The summed E-state index contributed by atoms with van der Waals surface area (Å²) < 4.78 is 10.7. The molecular formula is C16H12ClN3O3S. The minimum atomic E-state index is -0.655. The van der Waals surface area contributed by atoms with Gasteiger partial charge >= 0.3 is 5.97 Å². The normalized spacial score (nSPS) is 10.6. The summed E-state index contributed by atoms with van der Waals surface area (Å²) in [5.41, 5.74) is 0.914. The number of nitrogens with zero attached hydrogens (tertiary/aromatic N) is 3. The predicted octanol–water partition coefficient (Wildman–Crippen LogP) is 3.86. The summed E-state index contributed by atoms with van der Waals surface area (Å²) in [5, 5.41) is 0.573. The van der Waals surface area contributed by atoms with Crippen molar-refractivity contribution in [1.82, 2.24) is 15.0 Å². The van der Waals surface area contributed by atoms with E-state index in [-0.39, 0.29) is 23.2 Å². The van der Waals surface area contributed by atoms with Crippen LogP contribution in [-0.2, 0) is 11.3 Å². The highest BCUT2D eigenvalue weighted by Crippen LogP contribution is 2.21. The van der Waals surface area contributed by atoms with E-state index in [2.05, 4.69) is 15.0 Å². The van der Waals surface area contributed by atoms with Crippen LogP contribution in [0.4, 0.5) is 0 Å². The van der Waals surface area contributed by atoms with Gasteiger partial charge in [-0.3, -0.25) is 0 Å². The average molecular weight is 362 g/mol. The van der Waals surface area contributed by atoms with Crippen LogP contribution in [0.2, 0.25) is 5.02 Å². The van der Waals surface area contributed by atoms with Gasteiger partial charge in [0.05, 0.1) is 17.4 Å². The lowest BCUT2D eigenvalue weighted by molar-refractivity contribution is 0.0431. The molecule has 1 aromatic carbocycles. The van der Waals surface area contributed by atoms with E-state index in [1.807, 2.05) is 30.3 Å². The maximum absolute atomic E-state index is 12.1. The number of hydrogen-bond acceptors (Lipinski definition) is 7. The first-order chi connectivity index (χ1) is 11.7. The number of esters is 1. The molecule has 0 saturated carbocycles. The highest BCUT2D eigenvalue weighted by atomic mass is 35.5. The van der Waals surface area contributed by atoms with Crippen molar-refractivity contribution < 1.29 is 13.9 Å². The number of oxazole rings is 1. The van der Waals surface area contributed by atoms with Crippen molar-refractivity contribution in [2.75, 3.05) is 6.26 Å². The fourth-order valence-electron chi connectivity index (χ4n) is 1.90. The maximum atomic E-state index is 12.1. The summed E-state index contributed by atoms with van der Waals surface area (Å²) in [6.07, 6.45) is 4.76. The zero-order valence-electron chi connectivity index (χ0n) is 12.6. The van der Waals surface area contributed by atoms with Crippen LogP contribution >= 0.6 is 23.4 Å². The lowest BCUT2D eigenvalue weighted by atomic mass is 10.2. The molecule has 0 unspecified atom stereocenters. The number of hydrogen-bond donors (Lipinski definition) is 0. The van der Waals surface area contributed by atoms with E-state index in [0.717, 1.165) is 5.56 Å². The number of carbonyl (C=O) groups excluding carboxylic acids is 1. The van der Waals surface area contributed by atoms with E-state index < -0.39 is 5.97 Å². The van der Waals surface area contributed by atoms with Gasteiger partial charge in [0.2, 0.25) is 5.89 Å². The molecule has 122 valence electrons. The van der Waals surface area contributed by atoms with Gasteiger partial charge in [0, 0.05) is 5.56 Å². The Morgan fingerprint density at radius 3 is 2.79 bits per heavy atom. The number of halogens is 1. The molecule has 6 nitrogen and oxygen atoms in total. The molecule has 0 bridgehead atoms. The molecule has 2 heterocycles. The zero-order valence-corrected chi connectivity index (χ0v) is 14.2. The summed E-state index contributed by atoms with van der Waals surface area (Å²) in [5.74, 6) is 0.237. The Morgan fingerprint density at radius 1 is 1.25 bits per heavy atom. The third-order valence-corrected chi connectivity index (χ3v) is 3.87. The number of rotatable bonds is 5. The van der Waals surface area contributed by atoms with Crippen molar-refractivity contribution in [3.05, 3.63) is 59.3 Å². The van der Waals surface area contributed by atoms with Crippen LogP contribution in [0.5, 0.6) is 0 Å². The standard InChI is InChI=1S/C16H12ClN3O3S/c1-24-16-19-7-11(17)14(20-16)15(21)22-9-13-18-8-12(23-13)10-5-3-2-4-6-10/h2-8H,9H2,1H3. The Kier molecular flexibility index (Phi) is 5.12. The third-order valence-electron chi connectivity index (χ3n) is 3.04. The van der Waals surface area contributed by atoms with E-state index in [9.17, 15) is 4.79 Å². The van der Waals surface area contributed by atoms with E-state index >= 15 is 0 Å². The molecule has 0 fully saturated rings. The highest BCUT2D eigenvalue weighted by Gasteiger charge is 2.17. The van der Waals surface area contributed by atoms with Gasteiger partial charge in [-0.1, -0.05) is 53.7 Å². The Balaban J connectivity index is 1.68. The van der Waals surface area contributed by atoms with Crippen molar-refractivity contribution in [2.45, 2.75) is 11.8 Å². The van der Waals surface area contributed by atoms with Crippen molar-refractivity contribution in [3.63, 3.8) is 0 Å². The Labute approximate surface area is 147 Å². The molecule has 0 aliphatic rings. The first kappa shape index (κ1) is 16.5. The second-order valence-corrected chi connectivity index (χ2v) is 5.79. The SMILES string of the molecule is CSc1ncc(Cl)c(C(=O)OCc2ncc(-c3ccccc3)o2)n1. The zero-order chi connectivity index (χ0) is 16.9. The first-order valence-electron chi connectivity index (χ1n) is 6.91. The monoisotopic (exact) mass is 361 g/mol. The van der Waals surface area contributed by atoms with Crippen molar-refractivity contribution in [3.8, 4) is 11.3 Å². The summed E-state index contributed by atoms with van der Waals surface area (Å²) >= 11 is 7.24. The Bertz CT molecular complexity index is 855. The summed E-state index contributed by atoms with van der Waals surface area (Å²) in [6.45, 7) is -0.111. The quantitative estimate of drug-likeness (QED) is 0.388. The van der Waals surface area contributed by atoms with Crippen LogP contribution < -0.4 is 0 Å². The minimum Gasteiger partial charge on any atom is -0.451 e. The van der Waals surface area contributed by atoms with Crippen molar-refractivity contribution in [2.24, 2.45) is 0 Å². The van der Waals surface area contributed by atoms with Crippen LogP contribution in [0.1, 0.15) is 16.4 Å². The van der Waals surface area contributed by atoms with Crippen LogP contribution in [0.25, 0.3) is 11.3 Å². The number of thioether (sulfide) groups is 1. The molecule has 0 aliphatic heterocycles. The van der Waals surface area contributed by atoms with E-state index in [0.29, 0.717) is 10.9 Å². The predicted molar refractivity (Wildman–Crippen MR) is 89.9 cm³/mol. The van der Waals surface area contributed by atoms with E-state index in [1.54, 1.807) is 12.5 Å².